The smallest absolute Gasteiger partial charge is 0.267 e. The first-order valence-electron chi connectivity index (χ1n) is 10.6. The van der Waals surface area contributed by atoms with E-state index in [1.165, 1.54) is 22.2 Å². The number of carbonyl (C=O) groups is 1. The molecule has 1 aliphatic rings. The van der Waals surface area contributed by atoms with Crippen molar-refractivity contribution < 1.29 is 4.79 Å². The topological polar surface area (TPSA) is 64.0 Å². The third-order valence-corrected chi connectivity index (χ3v) is 7.86. The van der Waals surface area contributed by atoms with Gasteiger partial charge in [0.1, 0.15) is 4.83 Å². The lowest BCUT2D eigenvalue weighted by molar-refractivity contribution is -0.113. The molecule has 2 aromatic heterocycles. The van der Waals surface area contributed by atoms with Crippen molar-refractivity contribution in [3.05, 3.63) is 80.5 Å². The van der Waals surface area contributed by atoms with Gasteiger partial charge in [0.15, 0.2) is 5.16 Å². The zero-order valence-electron chi connectivity index (χ0n) is 18.0. The van der Waals surface area contributed by atoms with Crippen molar-refractivity contribution in [2.24, 2.45) is 0 Å². The number of fused-ring (bicyclic) bond motifs is 3. The molecule has 2 aromatic carbocycles. The highest BCUT2D eigenvalue weighted by Gasteiger charge is 2.24. The molecule has 2 heterocycles. The quantitative estimate of drug-likeness (QED) is 0.324. The molecule has 0 spiro atoms. The van der Waals surface area contributed by atoms with Gasteiger partial charge in [-0.25, -0.2) is 4.98 Å². The van der Waals surface area contributed by atoms with Gasteiger partial charge in [-0.05, 0) is 62.4 Å². The molecule has 0 bridgehead atoms. The van der Waals surface area contributed by atoms with E-state index in [0.29, 0.717) is 5.16 Å². The number of nitrogens with zero attached hydrogens (tertiary/aromatic N) is 2. The lowest BCUT2D eigenvalue weighted by atomic mass is 10.2. The Bertz CT molecular complexity index is 1390. The SMILES string of the molecule is Cc1ccc(NC(=O)CSc2nc3sc4c(c3c(=O)n2-c2ccccc2C)CCC4)cc1. The number of rotatable bonds is 5. The second kappa shape index (κ2) is 8.56. The molecule has 0 atom stereocenters. The van der Waals surface area contributed by atoms with Crippen LogP contribution < -0.4 is 10.9 Å². The number of para-hydroxylation sites is 1. The van der Waals surface area contributed by atoms with Gasteiger partial charge in [0, 0.05) is 10.6 Å². The lowest BCUT2D eigenvalue weighted by Crippen LogP contribution is -2.23. The fourth-order valence-corrected chi connectivity index (χ4v) is 6.22. The molecule has 7 heteroatoms. The van der Waals surface area contributed by atoms with Crippen LogP contribution in [0.3, 0.4) is 0 Å². The monoisotopic (exact) mass is 461 g/mol. The number of thiophene rings is 1. The minimum absolute atomic E-state index is 0.0369. The van der Waals surface area contributed by atoms with Crippen LogP contribution >= 0.6 is 23.1 Å². The Kier molecular flexibility index (Phi) is 5.61. The number of hydrogen-bond acceptors (Lipinski definition) is 5. The summed E-state index contributed by atoms with van der Waals surface area (Å²) in [6.45, 7) is 4.00. The van der Waals surface area contributed by atoms with Gasteiger partial charge in [0.05, 0.1) is 16.8 Å². The Balaban J connectivity index is 1.52. The molecule has 1 amide bonds. The van der Waals surface area contributed by atoms with Gasteiger partial charge >= 0.3 is 0 Å². The van der Waals surface area contributed by atoms with Crippen LogP contribution in [0.5, 0.6) is 0 Å². The van der Waals surface area contributed by atoms with Crippen LogP contribution in [-0.2, 0) is 17.6 Å². The summed E-state index contributed by atoms with van der Waals surface area (Å²) in [6.07, 6.45) is 3.05. The van der Waals surface area contributed by atoms with Crippen molar-refractivity contribution >= 4 is 44.9 Å². The number of anilines is 1. The van der Waals surface area contributed by atoms with Gasteiger partial charge in [-0.2, -0.15) is 0 Å². The van der Waals surface area contributed by atoms with Crippen molar-refractivity contribution in [2.45, 2.75) is 38.3 Å². The summed E-state index contributed by atoms with van der Waals surface area (Å²) in [5, 5.41) is 4.22. The largest absolute Gasteiger partial charge is 0.325 e. The van der Waals surface area contributed by atoms with E-state index in [1.54, 1.807) is 15.9 Å². The molecule has 162 valence electrons. The molecule has 32 heavy (non-hydrogen) atoms. The zero-order valence-corrected chi connectivity index (χ0v) is 19.6. The summed E-state index contributed by atoms with van der Waals surface area (Å²) in [6, 6.07) is 15.5. The molecule has 0 radical (unpaired) electrons. The highest BCUT2D eigenvalue weighted by atomic mass is 32.2. The first-order chi connectivity index (χ1) is 15.5. The van der Waals surface area contributed by atoms with Gasteiger partial charge in [-0.3, -0.25) is 14.2 Å². The summed E-state index contributed by atoms with van der Waals surface area (Å²) in [4.78, 5) is 33.2. The molecule has 4 aromatic rings. The number of thioether (sulfide) groups is 1. The highest BCUT2D eigenvalue weighted by Crippen LogP contribution is 2.36. The van der Waals surface area contributed by atoms with Gasteiger partial charge in [-0.15, -0.1) is 11.3 Å². The molecule has 1 N–H and O–H groups in total. The van der Waals surface area contributed by atoms with Crippen LogP contribution in [0.4, 0.5) is 5.69 Å². The molecule has 0 saturated heterocycles. The number of carbonyl (C=O) groups excluding carboxylic acids is 1. The van der Waals surface area contributed by atoms with E-state index < -0.39 is 0 Å². The minimum atomic E-state index is -0.127. The number of benzene rings is 2. The summed E-state index contributed by atoms with van der Waals surface area (Å²) in [5.74, 6) is 0.0428. The van der Waals surface area contributed by atoms with Crippen LogP contribution in [0.1, 0.15) is 28.0 Å². The number of aryl methyl sites for hydroxylation is 4. The van der Waals surface area contributed by atoms with E-state index in [1.807, 2.05) is 62.4 Å². The van der Waals surface area contributed by atoms with Crippen LogP contribution in [0.2, 0.25) is 0 Å². The number of aromatic nitrogens is 2. The maximum Gasteiger partial charge on any atom is 0.267 e. The van der Waals surface area contributed by atoms with Crippen LogP contribution in [-0.4, -0.2) is 21.2 Å². The number of amides is 1. The molecule has 0 aliphatic heterocycles. The fraction of sp³-hybridized carbons (Fsp3) is 0.240. The van der Waals surface area contributed by atoms with E-state index in [2.05, 4.69) is 5.32 Å². The normalized spacial score (nSPS) is 12.8. The maximum atomic E-state index is 13.7. The van der Waals surface area contributed by atoms with E-state index in [0.717, 1.165) is 52.0 Å². The third-order valence-electron chi connectivity index (χ3n) is 5.73. The predicted molar refractivity (Wildman–Crippen MR) is 133 cm³/mol. The highest BCUT2D eigenvalue weighted by molar-refractivity contribution is 7.99. The van der Waals surface area contributed by atoms with Crippen molar-refractivity contribution in [2.75, 3.05) is 11.1 Å². The van der Waals surface area contributed by atoms with Gasteiger partial charge < -0.3 is 5.32 Å². The summed E-state index contributed by atoms with van der Waals surface area (Å²) >= 11 is 2.92. The molecular weight excluding hydrogens is 438 g/mol. The number of nitrogens with one attached hydrogen (secondary N) is 1. The number of hydrogen-bond donors (Lipinski definition) is 1. The Morgan fingerprint density at radius 1 is 1.12 bits per heavy atom. The lowest BCUT2D eigenvalue weighted by Gasteiger charge is -2.14. The summed E-state index contributed by atoms with van der Waals surface area (Å²) in [7, 11) is 0. The first kappa shape index (κ1) is 21.0. The van der Waals surface area contributed by atoms with Crippen molar-refractivity contribution in [3.63, 3.8) is 0 Å². The standard InChI is InChI=1S/C25H23N3O2S2/c1-15-10-12-17(13-11-15)26-21(29)14-31-25-27-23-22(18-7-5-9-20(18)32-23)24(30)28(25)19-8-4-3-6-16(19)2/h3-4,6,8,10-13H,5,7,9,14H2,1-2H3,(H,26,29). The van der Waals surface area contributed by atoms with E-state index in [4.69, 9.17) is 4.98 Å². The Hall–Kier alpha value is -2.90. The van der Waals surface area contributed by atoms with Crippen molar-refractivity contribution in [1.82, 2.24) is 9.55 Å². The average molecular weight is 462 g/mol. The summed E-state index contributed by atoms with van der Waals surface area (Å²) in [5.41, 5.74) is 4.83. The van der Waals surface area contributed by atoms with Crippen LogP contribution in [0.15, 0.2) is 58.5 Å². The third kappa shape index (κ3) is 3.87. The molecule has 5 nitrogen and oxygen atoms in total. The molecule has 0 fully saturated rings. The second-order valence-corrected chi connectivity index (χ2v) is 10.1. The molecule has 1 aliphatic carbocycles. The van der Waals surface area contributed by atoms with Crippen molar-refractivity contribution in [3.8, 4) is 5.69 Å². The molecule has 5 rings (SSSR count). The second-order valence-electron chi connectivity index (χ2n) is 8.06. The minimum Gasteiger partial charge on any atom is -0.325 e. The molecule has 0 unspecified atom stereocenters. The summed E-state index contributed by atoms with van der Waals surface area (Å²) < 4.78 is 1.69. The Morgan fingerprint density at radius 2 is 1.91 bits per heavy atom. The van der Waals surface area contributed by atoms with Gasteiger partial charge in [0.25, 0.3) is 5.56 Å². The molecule has 0 saturated carbocycles. The van der Waals surface area contributed by atoms with E-state index >= 15 is 0 Å². The Morgan fingerprint density at radius 3 is 2.69 bits per heavy atom. The zero-order chi connectivity index (χ0) is 22.2. The predicted octanol–water partition coefficient (Wildman–Crippen LogP) is 5.28. The van der Waals surface area contributed by atoms with Crippen molar-refractivity contribution in [1.29, 1.82) is 0 Å². The van der Waals surface area contributed by atoms with Crippen LogP contribution in [0.25, 0.3) is 15.9 Å². The van der Waals surface area contributed by atoms with Gasteiger partial charge in [0.2, 0.25) is 5.91 Å². The fourth-order valence-electron chi connectivity index (χ4n) is 4.11. The van der Waals surface area contributed by atoms with E-state index in [-0.39, 0.29) is 17.2 Å². The Labute approximate surface area is 194 Å². The molecular formula is C25H23N3O2S2. The van der Waals surface area contributed by atoms with Gasteiger partial charge in [-0.1, -0.05) is 47.7 Å². The van der Waals surface area contributed by atoms with Crippen LogP contribution in [0, 0.1) is 13.8 Å². The first-order valence-corrected chi connectivity index (χ1v) is 12.4. The maximum absolute atomic E-state index is 13.7. The van der Waals surface area contributed by atoms with E-state index in [9.17, 15) is 9.59 Å². The average Bonchev–Trinajstić information content (AvgIpc) is 3.36.